The fourth-order valence-electron chi connectivity index (χ4n) is 3.48. The minimum atomic E-state index is 0. The Bertz CT molecular complexity index is 746. The lowest BCUT2D eigenvalue weighted by Gasteiger charge is -2.34. The van der Waals surface area contributed by atoms with E-state index in [0.717, 1.165) is 47.2 Å². The largest absolute Gasteiger partial charge is 0.444 e. The second kappa shape index (κ2) is 5.52. The zero-order valence-electron chi connectivity index (χ0n) is 13.6. The maximum atomic E-state index is 12.4. The van der Waals surface area contributed by atoms with Crippen molar-refractivity contribution in [2.24, 2.45) is 17.8 Å². The average molecular weight is 312 g/mol. The molecule has 0 radical (unpaired) electrons. The number of aryl methyl sites for hydroxylation is 2. The van der Waals surface area contributed by atoms with Gasteiger partial charge in [-0.2, -0.15) is 0 Å². The summed E-state index contributed by atoms with van der Waals surface area (Å²) < 4.78 is 5.49. The highest BCUT2D eigenvalue weighted by Gasteiger charge is 2.42. The summed E-state index contributed by atoms with van der Waals surface area (Å²) in [7, 11) is 0. The van der Waals surface area contributed by atoms with Gasteiger partial charge in [0.2, 0.25) is 11.8 Å². The first-order valence-corrected chi connectivity index (χ1v) is 8.44. The smallest absolute Gasteiger partial charge is 0.227 e. The van der Waals surface area contributed by atoms with Gasteiger partial charge in [0.15, 0.2) is 0 Å². The number of carbonyl (C=O) groups excluding carboxylic acids is 1. The normalized spacial score (nSPS) is 23.4. The molecular formula is C19H24N2O2. The summed E-state index contributed by atoms with van der Waals surface area (Å²) in [6, 6.07) is 5.90. The monoisotopic (exact) mass is 312 g/mol. The summed E-state index contributed by atoms with van der Waals surface area (Å²) in [5, 5.41) is 3.06. The standard InChI is InChI=1S/C19H22N2O2.H2/c1-11-3-6-16(9-17(11)19-20-12(2)10-23-19)21-18(22)15-7-14(8-15)13-4-5-13;/h3,6,9-10,13-15H,4-5,7-8H2,1-2H3,(H,21,22);1H. The van der Waals surface area contributed by atoms with Gasteiger partial charge in [-0.05, 0) is 69.1 Å². The molecule has 4 rings (SSSR count). The molecule has 0 spiro atoms. The topological polar surface area (TPSA) is 55.1 Å². The fourth-order valence-corrected chi connectivity index (χ4v) is 3.48. The summed E-state index contributed by atoms with van der Waals surface area (Å²) >= 11 is 0. The number of nitrogens with zero attached hydrogens (tertiary/aromatic N) is 1. The molecule has 2 aromatic rings. The van der Waals surface area contributed by atoms with Crippen molar-refractivity contribution in [2.75, 3.05) is 5.32 Å². The molecule has 2 aliphatic rings. The van der Waals surface area contributed by atoms with Gasteiger partial charge in [0.1, 0.15) is 6.26 Å². The molecule has 0 saturated heterocycles. The van der Waals surface area contributed by atoms with Crippen LogP contribution in [0.15, 0.2) is 28.9 Å². The van der Waals surface area contributed by atoms with E-state index in [-0.39, 0.29) is 13.3 Å². The number of hydrogen-bond acceptors (Lipinski definition) is 3. The molecule has 0 aliphatic heterocycles. The third kappa shape index (κ3) is 2.90. The highest BCUT2D eigenvalue weighted by atomic mass is 16.3. The van der Waals surface area contributed by atoms with E-state index in [4.69, 9.17) is 4.42 Å². The Morgan fingerprint density at radius 2 is 2.04 bits per heavy atom. The first-order chi connectivity index (χ1) is 11.1. The summed E-state index contributed by atoms with van der Waals surface area (Å²) in [4.78, 5) is 16.8. The van der Waals surface area contributed by atoms with Gasteiger partial charge in [0.05, 0.1) is 5.69 Å². The zero-order chi connectivity index (χ0) is 16.0. The molecule has 2 aliphatic carbocycles. The van der Waals surface area contributed by atoms with Crippen molar-refractivity contribution < 1.29 is 10.6 Å². The number of hydrogen-bond donors (Lipinski definition) is 1. The lowest BCUT2D eigenvalue weighted by molar-refractivity contribution is -0.124. The lowest BCUT2D eigenvalue weighted by Crippen LogP contribution is -2.35. The first-order valence-electron chi connectivity index (χ1n) is 8.44. The van der Waals surface area contributed by atoms with Gasteiger partial charge in [-0.25, -0.2) is 4.98 Å². The molecule has 2 saturated carbocycles. The predicted molar refractivity (Wildman–Crippen MR) is 91.1 cm³/mol. The number of aromatic nitrogens is 1. The lowest BCUT2D eigenvalue weighted by atomic mass is 9.72. The zero-order valence-corrected chi connectivity index (χ0v) is 13.6. The van der Waals surface area contributed by atoms with Crippen LogP contribution in [0, 0.1) is 31.6 Å². The Hall–Kier alpha value is -2.10. The highest BCUT2D eigenvalue weighted by molar-refractivity contribution is 5.93. The predicted octanol–water partition coefficient (Wildman–Crippen LogP) is 4.58. The highest BCUT2D eigenvalue weighted by Crippen LogP contribution is 2.49. The molecule has 4 nitrogen and oxygen atoms in total. The van der Waals surface area contributed by atoms with Crippen molar-refractivity contribution in [3.63, 3.8) is 0 Å². The molecule has 122 valence electrons. The van der Waals surface area contributed by atoms with E-state index in [0.29, 0.717) is 5.89 Å². The SMILES string of the molecule is Cc1coc(-c2cc(NC(=O)C3CC(C4CC4)C3)ccc2C)n1.[HH]. The minimum absolute atomic E-state index is 0. The number of amides is 1. The van der Waals surface area contributed by atoms with Crippen molar-refractivity contribution in [3.8, 4) is 11.5 Å². The molecule has 23 heavy (non-hydrogen) atoms. The molecule has 0 atom stereocenters. The molecule has 2 fully saturated rings. The van der Waals surface area contributed by atoms with Crippen LogP contribution in [-0.4, -0.2) is 10.9 Å². The van der Waals surface area contributed by atoms with Crippen LogP contribution in [0.3, 0.4) is 0 Å². The van der Waals surface area contributed by atoms with Crippen LogP contribution >= 0.6 is 0 Å². The number of rotatable bonds is 4. The van der Waals surface area contributed by atoms with Gasteiger partial charge >= 0.3 is 0 Å². The van der Waals surface area contributed by atoms with Gasteiger partial charge in [-0.3, -0.25) is 4.79 Å². The van der Waals surface area contributed by atoms with Crippen LogP contribution in [0.25, 0.3) is 11.5 Å². The molecule has 0 bridgehead atoms. The summed E-state index contributed by atoms with van der Waals surface area (Å²) in [5.74, 6) is 2.66. The maximum absolute atomic E-state index is 12.4. The van der Waals surface area contributed by atoms with Crippen molar-refractivity contribution in [3.05, 3.63) is 35.7 Å². The van der Waals surface area contributed by atoms with E-state index >= 15 is 0 Å². The van der Waals surface area contributed by atoms with Crippen molar-refractivity contribution in [1.82, 2.24) is 4.98 Å². The Balaban J connectivity index is 0.00000169. The molecule has 1 N–H and O–H groups in total. The summed E-state index contributed by atoms with van der Waals surface area (Å²) in [6.07, 6.45) is 6.51. The number of oxazole rings is 1. The fraction of sp³-hybridized carbons (Fsp3) is 0.474. The summed E-state index contributed by atoms with van der Waals surface area (Å²) in [5.41, 5.74) is 3.69. The Morgan fingerprint density at radius 3 is 2.70 bits per heavy atom. The van der Waals surface area contributed by atoms with E-state index in [9.17, 15) is 4.79 Å². The first kappa shape index (κ1) is 14.5. The van der Waals surface area contributed by atoms with Crippen LogP contribution < -0.4 is 5.32 Å². The van der Waals surface area contributed by atoms with Crippen molar-refractivity contribution >= 4 is 11.6 Å². The third-order valence-electron chi connectivity index (χ3n) is 5.19. The molecule has 1 aromatic carbocycles. The van der Waals surface area contributed by atoms with Gasteiger partial charge in [-0.1, -0.05) is 6.07 Å². The molecule has 1 amide bonds. The average Bonchev–Trinajstić information content (AvgIpc) is 3.20. The van der Waals surface area contributed by atoms with Crippen LogP contribution in [0.5, 0.6) is 0 Å². The van der Waals surface area contributed by atoms with E-state index in [1.165, 1.54) is 12.8 Å². The van der Waals surface area contributed by atoms with E-state index in [1.807, 2.05) is 32.0 Å². The molecular weight excluding hydrogens is 288 g/mol. The maximum Gasteiger partial charge on any atom is 0.227 e. The van der Waals surface area contributed by atoms with Gasteiger partial charge in [-0.15, -0.1) is 0 Å². The van der Waals surface area contributed by atoms with E-state index in [2.05, 4.69) is 10.3 Å². The minimum Gasteiger partial charge on any atom is -0.444 e. The van der Waals surface area contributed by atoms with Gasteiger partial charge in [0.25, 0.3) is 0 Å². The van der Waals surface area contributed by atoms with Crippen molar-refractivity contribution in [1.29, 1.82) is 0 Å². The Kier molecular flexibility index (Phi) is 3.47. The second-order valence-electron chi connectivity index (χ2n) is 7.08. The second-order valence-corrected chi connectivity index (χ2v) is 7.08. The molecule has 0 unspecified atom stereocenters. The Labute approximate surface area is 137 Å². The number of benzene rings is 1. The van der Waals surface area contributed by atoms with Crippen LogP contribution in [0.4, 0.5) is 5.69 Å². The molecule has 1 heterocycles. The van der Waals surface area contributed by atoms with Crippen LogP contribution in [0.2, 0.25) is 0 Å². The van der Waals surface area contributed by atoms with Gasteiger partial charge < -0.3 is 9.73 Å². The number of carbonyl (C=O) groups is 1. The van der Waals surface area contributed by atoms with Gasteiger partial charge in [0, 0.05) is 18.6 Å². The number of nitrogens with one attached hydrogen (secondary N) is 1. The van der Waals surface area contributed by atoms with Crippen LogP contribution in [-0.2, 0) is 4.79 Å². The van der Waals surface area contributed by atoms with Crippen molar-refractivity contribution in [2.45, 2.75) is 39.5 Å². The summed E-state index contributed by atoms with van der Waals surface area (Å²) in [6.45, 7) is 3.92. The molecule has 4 heteroatoms. The Morgan fingerprint density at radius 1 is 1.26 bits per heavy atom. The number of anilines is 1. The van der Waals surface area contributed by atoms with E-state index < -0.39 is 0 Å². The van der Waals surface area contributed by atoms with Crippen LogP contribution in [0.1, 0.15) is 38.4 Å². The third-order valence-corrected chi connectivity index (χ3v) is 5.19. The van der Waals surface area contributed by atoms with E-state index in [1.54, 1.807) is 6.26 Å². The molecule has 1 aromatic heterocycles. The quantitative estimate of drug-likeness (QED) is 0.899.